The molecule has 188 valence electrons. The Morgan fingerprint density at radius 3 is 1.97 bits per heavy atom. The van der Waals surface area contributed by atoms with Gasteiger partial charge in [0.25, 0.3) is 0 Å². The summed E-state index contributed by atoms with van der Waals surface area (Å²) in [5, 5.41) is 28.0. The van der Waals surface area contributed by atoms with Gasteiger partial charge in [0, 0.05) is 0 Å². The van der Waals surface area contributed by atoms with E-state index in [1.807, 2.05) is 6.07 Å². The van der Waals surface area contributed by atoms with E-state index in [4.69, 9.17) is 4.74 Å². The SMILES string of the molecule is CCCCC/C=C\C/C=C\C/C=C\C/C=C\CCCCOC(=O)/C(C#N)=C/c1ccc(O)c(O)c1. The number of nitrogens with zero attached hydrogens (tertiary/aromatic N) is 1. The maximum absolute atomic E-state index is 12.1. The first kappa shape index (κ1) is 29.5. The molecular weight excluding hydrogens is 438 g/mol. The Labute approximate surface area is 210 Å². The number of aromatic hydroxyl groups is 2. The lowest BCUT2D eigenvalue weighted by Crippen LogP contribution is -2.07. The zero-order valence-corrected chi connectivity index (χ0v) is 20.9. The summed E-state index contributed by atoms with van der Waals surface area (Å²) in [6.07, 6.45) is 29.3. The fraction of sp³-hybridized carbons (Fsp3) is 0.400. The number of hydrogen-bond donors (Lipinski definition) is 2. The van der Waals surface area contributed by atoms with Crippen LogP contribution in [0.4, 0.5) is 0 Å². The van der Waals surface area contributed by atoms with Crippen LogP contribution in [0.3, 0.4) is 0 Å². The third-order valence-corrected chi connectivity index (χ3v) is 5.11. The molecule has 0 aliphatic carbocycles. The molecule has 5 nitrogen and oxygen atoms in total. The van der Waals surface area contributed by atoms with Gasteiger partial charge in [0.05, 0.1) is 6.61 Å². The van der Waals surface area contributed by atoms with Gasteiger partial charge < -0.3 is 14.9 Å². The van der Waals surface area contributed by atoms with Gasteiger partial charge in [0.2, 0.25) is 0 Å². The number of nitriles is 1. The molecule has 0 saturated carbocycles. The second kappa shape index (κ2) is 19.9. The molecule has 0 aliphatic rings. The van der Waals surface area contributed by atoms with Crippen molar-refractivity contribution in [2.24, 2.45) is 0 Å². The van der Waals surface area contributed by atoms with Crippen LogP contribution in [0.1, 0.15) is 76.7 Å². The van der Waals surface area contributed by atoms with Crippen LogP contribution in [0.5, 0.6) is 11.5 Å². The minimum absolute atomic E-state index is 0.157. The van der Waals surface area contributed by atoms with Crippen molar-refractivity contribution in [1.82, 2.24) is 0 Å². The number of unbranched alkanes of at least 4 members (excludes halogenated alkanes) is 5. The zero-order valence-electron chi connectivity index (χ0n) is 20.9. The summed E-state index contributed by atoms with van der Waals surface area (Å²) in [7, 11) is 0. The first-order valence-corrected chi connectivity index (χ1v) is 12.5. The van der Waals surface area contributed by atoms with Gasteiger partial charge in [-0.25, -0.2) is 4.79 Å². The molecule has 0 aromatic heterocycles. The van der Waals surface area contributed by atoms with Gasteiger partial charge in [0.15, 0.2) is 11.5 Å². The minimum Gasteiger partial charge on any atom is -0.504 e. The first-order valence-electron chi connectivity index (χ1n) is 12.5. The molecule has 35 heavy (non-hydrogen) atoms. The largest absolute Gasteiger partial charge is 0.504 e. The van der Waals surface area contributed by atoms with Gasteiger partial charge in [-0.2, -0.15) is 5.26 Å². The van der Waals surface area contributed by atoms with Crippen molar-refractivity contribution in [2.45, 2.75) is 71.1 Å². The van der Waals surface area contributed by atoms with Crippen molar-refractivity contribution in [3.8, 4) is 17.6 Å². The Morgan fingerprint density at radius 1 is 0.857 bits per heavy atom. The lowest BCUT2D eigenvalue weighted by Gasteiger charge is -2.04. The summed E-state index contributed by atoms with van der Waals surface area (Å²) in [6, 6.07) is 5.87. The normalized spacial score (nSPS) is 12.3. The number of carbonyl (C=O) groups excluding carboxylic acids is 1. The van der Waals surface area contributed by atoms with Gasteiger partial charge in [-0.1, -0.05) is 74.4 Å². The predicted octanol–water partition coefficient (Wildman–Crippen LogP) is 7.69. The molecule has 1 rings (SSSR count). The van der Waals surface area contributed by atoms with E-state index in [1.54, 1.807) is 0 Å². The van der Waals surface area contributed by atoms with E-state index in [0.717, 1.165) is 32.1 Å². The van der Waals surface area contributed by atoms with Crippen LogP contribution in [0, 0.1) is 11.3 Å². The molecular formula is C30H39NO4. The number of allylic oxidation sites excluding steroid dienone is 8. The Kier molecular flexibility index (Phi) is 16.8. The molecule has 0 fully saturated rings. The zero-order chi connectivity index (χ0) is 25.6. The number of carbonyl (C=O) groups is 1. The molecule has 2 N–H and O–H groups in total. The summed E-state index contributed by atoms with van der Waals surface area (Å²) < 4.78 is 5.16. The van der Waals surface area contributed by atoms with E-state index >= 15 is 0 Å². The number of esters is 1. The minimum atomic E-state index is -0.696. The average molecular weight is 478 g/mol. The Bertz CT molecular complexity index is 932. The molecule has 1 aromatic carbocycles. The molecule has 0 heterocycles. The Morgan fingerprint density at radius 2 is 1.43 bits per heavy atom. The smallest absolute Gasteiger partial charge is 0.348 e. The number of phenols is 2. The van der Waals surface area contributed by atoms with Gasteiger partial charge in [-0.05, 0) is 75.1 Å². The van der Waals surface area contributed by atoms with E-state index in [0.29, 0.717) is 12.0 Å². The first-order chi connectivity index (χ1) is 17.1. The van der Waals surface area contributed by atoms with Crippen LogP contribution in [0.2, 0.25) is 0 Å². The number of hydrogen-bond acceptors (Lipinski definition) is 5. The molecule has 0 spiro atoms. The van der Waals surface area contributed by atoms with Crippen LogP contribution in [0.25, 0.3) is 6.08 Å². The van der Waals surface area contributed by atoms with E-state index in [1.165, 1.54) is 50.0 Å². The van der Waals surface area contributed by atoms with Gasteiger partial charge in [0.1, 0.15) is 11.6 Å². The highest BCUT2D eigenvalue weighted by Crippen LogP contribution is 2.26. The Hall–Kier alpha value is -3.52. The molecule has 0 unspecified atom stereocenters. The van der Waals surface area contributed by atoms with Crippen molar-refractivity contribution >= 4 is 12.0 Å². The van der Waals surface area contributed by atoms with E-state index in [2.05, 4.69) is 55.5 Å². The van der Waals surface area contributed by atoms with E-state index in [-0.39, 0.29) is 23.7 Å². The molecule has 0 saturated heterocycles. The van der Waals surface area contributed by atoms with Crippen LogP contribution < -0.4 is 0 Å². The lowest BCUT2D eigenvalue weighted by atomic mass is 10.1. The van der Waals surface area contributed by atoms with Crippen LogP contribution >= 0.6 is 0 Å². The number of benzene rings is 1. The quantitative estimate of drug-likeness (QED) is 0.0599. The van der Waals surface area contributed by atoms with Crippen molar-refractivity contribution in [3.63, 3.8) is 0 Å². The molecule has 0 aliphatic heterocycles. The highest BCUT2D eigenvalue weighted by Gasteiger charge is 2.11. The third-order valence-electron chi connectivity index (χ3n) is 5.11. The van der Waals surface area contributed by atoms with Crippen LogP contribution in [-0.2, 0) is 9.53 Å². The Balaban J connectivity index is 2.12. The van der Waals surface area contributed by atoms with Crippen molar-refractivity contribution in [1.29, 1.82) is 5.26 Å². The van der Waals surface area contributed by atoms with Gasteiger partial charge >= 0.3 is 5.97 Å². The number of ether oxygens (including phenoxy) is 1. The highest BCUT2D eigenvalue weighted by molar-refractivity contribution is 5.97. The van der Waals surface area contributed by atoms with Crippen molar-refractivity contribution in [3.05, 3.63) is 77.9 Å². The molecule has 0 amide bonds. The summed E-state index contributed by atoms with van der Waals surface area (Å²) in [5.41, 5.74) is 0.268. The van der Waals surface area contributed by atoms with Gasteiger partial charge in [-0.15, -0.1) is 0 Å². The summed E-state index contributed by atoms with van der Waals surface area (Å²) in [5.74, 6) is -1.28. The number of rotatable bonds is 17. The van der Waals surface area contributed by atoms with Crippen molar-refractivity contribution < 1.29 is 19.7 Å². The maximum atomic E-state index is 12.1. The molecule has 0 bridgehead atoms. The highest BCUT2D eigenvalue weighted by atomic mass is 16.5. The second-order valence-corrected chi connectivity index (χ2v) is 8.14. The fourth-order valence-corrected chi connectivity index (χ4v) is 3.10. The molecule has 5 heteroatoms. The van der Waals surface area contributed by atoms with E-state index < -0.39 is 5.97 Å². The molecule has 0 radical (unpaired) electrons. The van der Waals surface area contributed by atoms with Gasteiger partial charge in [-0.3, -0.25) is 0 Å². The third kappa shape index (κ3) is 15.1. The van der Waals surface area contributed by atoms with Crippen LogP contribution in [-0.4, -0.2) is 22.8 Å². The maximum Gasteiger partial charge on any atom is 0.348 e. The summed E-state index contributed by atoms with van der Waals surface area (Å²) in [4.78, 5) is 12.1. The fourth-order valence-electron chi connectivity index (χ4n) is 3.10. The topological polar surface area (TPSA) is 90.6 Å². The monoisotopic (exact) mass is 477 g/mol. The number of phenolic OH excluding ortho intramolecular Hbond substituents is 2. The standard InChI is InChI=1S/C30H39NO4/c1-2-3-4-5-6-7-8-9-10-11-12-13-14-15-16-17-18-19-22-35-30(34)27(25-31)23-26-20-21-28(32)29(33)24-26/h6-7,9-10,12-13,15-16,20-21,23-24,32-33H,2-5,8,11,14,17-19,22H2,1H3/b7-6-,10-9-,13-12-,16-15-,27-23+. The van der Waals surface area contributed by atoms with Crippen molar-refractivity contribution in [2.75, 3.05) is 6.61 Å². The molecule has 1 aromatic rings. The predicted molar refractivity (Wildman–Crippen MR) is 143 cm³/mol. The summed E-state index contributed by atoms with van der Waals surface area (Å²) in [6.45, 7) is 2.47. The average Bonchev–Trinajstić information content (AvgIpc) is 2.85. The van der Waals surface area contributed by atoms with E-state index in [9.17, 15) is 20.3 Å². The second-order valence-electron chi connectivity index (χ2n) is 8.14. The molecule has 0 atom stereocenters. The summed E-state index contributed by atoms with van der Waals surface area (Å²) >= 11 is 0. The van der Waals surface area contributed by atoms with Crippen LogP contribution in [0.15, 0.2) is 72.4 Å². The lowest BCUT2D eigenvalue weighted by molar-refractivity contribution is -0.138.